The SMILES string of the molecule is Cn1c(CNC(=O)c2ccc(Cl)c(Cl)c2)nnc1SCC(=O)Nc1cccc(C(=O)O)c1. The van der Waals surface area contributed by atoms with E-state index in [0.29, 0.717) is 27.3 Å². The molecule has 0 bridgehead atoms. The summed E-state index contributed by atoms with van der Waals surface area (Å²) in [6.07, 6.45) is 0. The van der Waals surface area contributed by atoms with Crippen molar-refractivity contribution >= 4 is 58.4 Å². The van der Waals surface area contributed by atoms with Gasteiger partial charge < -0.3 is 20.3 Å². The highest BCUT2D eigenvalue weighted by Gasteiger charge is 2.14. The molecule has 2 aromatic carbocycles. The van der Waals surface area contributed by atoms with E-state index < -0.39 is 5.97 Å². The van der Waals surface area contributed by atoms with Crippen LogP contribution in [-0.2, 0) is 18.4 Å². The molecule has 9 nitrogen and oxygen atoms in total. The molecule has 1 heterocycles. The molecule has 0 radical (unpaired) electrons. The van der Waals surface area contributed by atoms with Crippen molar-refractivity contribution in [3.05, 3.63) is 69.5 Å². The second-order valence-corrected chi connectivity index (χ2v) is 8.25. The van der Waals surface area contributed by atoms with Crippen LogP contribution in [0.15, 0.2) is 47.6 Å². The number of carboxylic acids is 1. The van der Waals surface area contributed by atoms with Crippen molar-refractivity contribution in [3.8, 4) is 0 Å². The topological polar surface area (TPSA) is 126 Å². The Hall–Kier alpha value is -3.08. The number of nitrogens with one attached hydrogen (secondary N) is 2. The van der Waals surface area contributed by atoms with Gasteiger partial charge in [0.1, 0.15) is 0 Å². The average molecular weight is 494 g/mol. The third kappa shape index (κ3) is 6.00. The molecule has 166 valence electrons. The maximum atomic E-state index is 12.3. The zero-order valence-electron chi connectivity index (χ0n) is 16.6. The molecule has 0 aliphatic carbocycles. The van der Waals surface area contributed by atoms with E-state index in [1.165, 1.54) is 18.2 Å². The van der Waals surface area contributed by atoms with Crippen molar-refractivity contribution in [3.63, 3.8) is 0 Å². The molecule has 0 unspecified atom stereocenters. The number of nitrogens with zero attached hydrogens (tertiary/aromatic N) is 3. The van der Waals surface area contributed by atoms with Crippen molar-refractivity contribution in [2.45, 2.75) is 11.7 Å². The molecule has 0 spiro atoms. The maximum Gasteiger partial charge on any atom is 0.335 e. The van der Waals surface area contributed by atoms with Crippen molar-refractivity contribution < 1.29 is 19.5 Å². The summed E-state index contributed by atoms with van der Waals surface area (Å²) >= 11 is 13.0. The van der Waals surface area contributed by atoms with Crippen LogP contribution in [-0.4, -0.2) is 43.4 Å². The molecule has 0 atom stereocenters. The molecule has 3 rings (SSSR count). The smallest absolute Gasteiger partial charge is 0.335 e. The lowest BCUT2D eigenvalue weighted by Crippen LogP contribution is -2.24. The van der Waals surface area contributed by atoms with E-state index in [9.17, 15) is 14.4 Å². The van der Waals surface area contributed by atoms with Crippen molar-refractivity contribution in [1.82, 2.24) is 20.1 Å². The molecule has 2 amide bonds. The summed E-state index contributed by atoms with van der Waals surface area (Å²) < 4.78 is 1.66. The number of carboxylic acid groups (broad SMARTS) is 1. The zero-order valence-corrected chi connectivity index (χ0v) is 19.0. The van der Waals surface area contributed by atoms with Crippen LogP contribution in [0.4, 0.5) is 5.69 Å². The van der Waals surface area contributed by atoms with E-state index >= 15 is 0 Å². The van der Waals surface area contributed by atoms with Crippen LogP contribution < -0.4 is 10.6 Å². The van der Waals surface area contributed by atoms with Gasteiger partial charge >= 0.3 is 5.97 Å². The molecule has 3 N–H and O–H groups in total. The minimum Gasteiger partial charge on any atom is -0.478 e. The Morgan fingerprint density at radius 1 is 1.06 bits per heavy atom. The fraction of sp³-hybridized carbons (Fsp3) is 0.150. The Morgan fingerprint density at radius 3 is 2.56 bits per heavy atom. The lowest BCUT2D eigenvalue weighted by Gasteiger charge is -2.07. The number of aromatic carboxylic acids is 1. The molecule has 12 heteroatoms. The fourth-order valence-corrected chi connectivity index (χ4v) is 3.61. The number of thioether (sulfide) groups is 1. The Bertz CT molecular complexity index is 1180. The average Bonchev–Trinajstić information content (AvgIpc) is 3.12. The van der Waals surface area contributed by atoms with Gasteiger partial charge in [-0.15, -0.1) is 10.2 Å². The Labute approximate surface area is 197 Å². The molecular weight excluding hydrogens is 477 g/mol. The molecule has 0 fully saturated rings. The summed E-state index contributed by atoms with van der Waals surface area (Å²) in [4.78, 5) is 35.5. The number of halogens is 2. The number of amides is 2. The first-order chi connectivity index (χ1) is 15.2. The highest BCUT2D eigenvalue weighted by atomic mass is 35.5. The van der Waals surface area contributed by atoms with Gasteiger partial charge in [0.2, 0.25) is 5.91 Å². The molecule has 0 saturated heterocycles. The molecule has 1 aromatic heterocycles. The highest BCUT2D eigenvalue weighted by molar-refractivity contribution is 7.99. The van der Waals surface area contributed by atoms with Gasteiger partial charge in [-0.3, -0.25) is 9.59 Å². The minimum atomic E-state index is -1.08. The largest absolute Gasteiger partial charge is 0.478 e. The number of rotatable bonds is 8. The maximum absolute atomic E-state index is 12.3. The first-order valence-electron chi connectivity index (χ1n) is 9.12. The highest BCUT2D eigenvalue weighted by Crippen LogP contribution is 2.22. The first-order valence-corrected chi connectivity index (χ1v) is 10.9. The van der Waals surface area contributed by atoms with Gasteiger partial charge in [-0.2, -0.15) is 0 Å². The molecule has 0 aliphatic heterocycles. The number of benzene rings is 2. The molecule has 0 aliphatic rings. The quantitative estimate of drug-likeness (QED) is 0.410. The van der Waals surface area contributed by atoms with Gasteiger partial charge in [0, 0.05) is 18.3 Å². The van der Waals surface area contributed by atoms with E-state index in [-0.39, 0.29) is 34.7 Å². The van der Waals surface area contributed by atoms with Crippen LogP contribution in [0.1, 0.15) is 26.5 Å². The number of aromatic nitrogens is 3. The van der Waals surface area contributed by atoms with E-state index in [1.807, 2.05) is 0 Å². The van der Waals surface area contributed by atoms with Crippen molar-refractivity contribution in [2.75, 3.05) is 11.1 Å². The number of hydrogen-bond donors (Lipinski definition) is 3. The van der Waals surface area contributed by atoms with Crippen LogP contribution in [0.3, 0.4) is 0 Å². The molecule has 0 saturated carbocycles. The minimum absolute atomic E-state index is 0.0406. The first kappa shape index (κ1) is 23.6. The van der Waals surface area contributed by atoms with Crippen molar-refractivity contribution in [1.29, 1.82) is 0 Å². The van der Waals surface area contributed by atoms with Gasteiger partial charge in [-0.05, 0) is 36.4 Å². The predicted molar refractivity (Wildman–Crippen MR) is 121 cm³/mol. The molecule has 32 heavy (non-hydrogen) atoms. The second-order valence-electron chi connectivity index (χ2n) is 6.49. The van der Waals surface area contributed by atoms with Gasteiger partial charge in [0.25, 0.3) is 5.91 Å². The van der Waals surface area contributed by atoms with E-state index in [4.69, 9.17) is 28.3 Å². The summed E-state index contributed by atoms with van der Waals surface area (Å²) in [5, 5.41) is 23.6. The summed E-state index contributed by atoms with van der Waals surface area (Å²) in [5.74, 6) is -1.21. The molecule has 3 aromatic rings. The van der Waals surface area contributed by atoms with Crippen LogP contribution in [0.2, 0.25) is 10.0 Å². The van der Waals surface area contributed by atoms with Gasteiger partial charge in [-0.1, -0.05) is 41.0 Å². The van der Waals surface area contributed by atoms with Gasteiger partial charge in [-0.25, -0.2) is 4.79 Å². The Morgan fingerprint density at radius 2 is 1.84 bits per heavy atom. The van der Waals surface area contributed by atoms with E-state index in [2.05, 4.69) is 20.8 Å². The van der Waals surface area contributed by atoms with Gasteiger partial charge in [0.05, 0.1) is 27.9 Å². The van der Waals surface area contributed by atoms with Crippen LogP contribution in [0, 0.1) is 0 Å². The Balaban J connectivity index is 1.53. The monoisotopic (exact) mass is 493 g/mol. The number of anilines is 1. The lowest BCUT2D eigenvalue weighted by molar-refractivity contribution is -0.113. The Kier molecular flexibility index (Phi) is 7.73. The summed E-state index contributed by atoms with van der Waals surface area (Å²) in [6, 6.07) is 10.5. The van der Waals surface area contributed by atoms with Gasteiger partial charge in [0.15, 0.2) is 11.0 Å². The van der Waals surface area contributed by atoms with Crippen LogP contribution in [0.25, 0.3) is 0 Å². The number of carbonyl (C=O) groups excluding carboxylic acids is 2. The molecular formula is C20H17Cl2N5O4S. The lowest BCUT2D eigenvalue weighted by atomic mass is 10.2. The summed E-state index contributed by atoms with van der Waals surface area (Å²) in [6.45, 7) is 0.122. The number of carbonyl (C=O) groups is 3. The van der Waals surface area contributed by atoms with E-state index in [1.54, 1.807) is 35.9 Å². The number of hydrogen-bond acceptors (Lipinski definition) is 6. The summed E-state index contributed by atoms with van der Waals surface area (Å²) in [5.41, 5.74) is 0.829. The second kappa shape index (κ2) is 10.5. The third-order valence-corrected chi connectivity index (χ3v) is 6.00. The van der Waals surface area contributed by atoms with Crippen LogP contribution >= 0.6 is 35.0 Å². The third-order valence-electron chi connectivity index (χ3n) is 4.24. The van der Waals surface area contributed by atoms with Crippen LogP contribution in [0.5, 0.6) is 0 Å². The summed E-state index contributed by atoms with van der Waals surface area (Å²) in [7, 11) is 1.72. The fourth-order valence-electron chi connectivity index (χ4n) is 2.58. The standard InChI is InChI=1S/C20H17Cl2N5O4S/c1-27-16(9-23-18(29)11-5-6-14(21)15(22)8-11)25-26-20(27)32-10-17(28)24-13-4-2-3-12(7-13)19(30)31/h2-8H,9-10H2,1H3,(H,23,29)(H,24,28)(H,30,31). The predicted octanol–water partition coefficient (Wildman–Crippen LogP) is 3.48. The zero-order chi connectivity index (χ0) is 23.3. The normalized spacial score (nSPS) is 10.6. The van der Waals surface area contributed by atoms with Crippen molar-refractivity contribution in [2.24, 2.45) is 7.05 Å². The van der Waals surface area contributed by atoms with E-state index in [0.717, 1.165) is 11.8 Å².